The molecule has 0 saturated heterocycles. The van der Waals surface area contributed by atoms with Crippen LogP contribution in [0.15, 0.2) is 73.4 Å². The summed E-state index contributed by atoms with van der Waals surface area (Å²) in [5.41, 5.74) is 1.86. The van der Waals surface area contributed by atoms with E-state index in [4.69, 9.17) is 9.97 Å². The van der Waals surface area contributed by atoms with Gasteiger partial charge in [-0.05, 0) is 10.8 Å². The first-order valence-electron chi connectivity index (χ1n) is 7.46. The summed E-state index contributed by atoms with van der Waals surface area (Å²) in [6, 6.07) is 16.7. The fraction of sp³-hybridized carbons (Fsp3) is 0. The van der Waals surface area contributed by atoms with Crippen molar-refractivity contribution >= 4 is 32.6 Å². The van der Waals surface area contributed by atoms with Crippen LogP contribution in [-0.2, 0) is 0 Å². The maximum Gasteiger partial charge on any atom is 0.157 e. The standard InChI is InChI=1S/C19H12N4/c1-3-7-15-13(5-1)14-6-2-4-8-16(14)19-18(15)21-11-17(22-19)23-10-9-20-12-23/h1-12H. The van der Waals surface area contributed by atoms with Crippen LogP contribution in [0.3, 0.4) is 0 Å². The zero-order valence-corrected chi connectivity index (χ0v) is 12.2. The lowest BCUT2D eigenvalue weighted by Crippen LogP contribution is -1.97. The molecule has 0 fully saturated rings. The second kappa shape index (κ2) is 4.61. The van der Waals surface area contributed by atoms with Gasteiger partial charge < -0.3 is 0 Å². The van der Waals surface area contributed by atoms with Crippen molar-refractivity contribution in [2.24, 2.45) is 0 Å². The maximum absolute atomic E-state index is 4.86. The molecule has 5 aromatic rings. The minimum absolute atomic E-state index is 0.774. The van der Waals surface area contributed by atoms with Gasteiger partial charge in [-0.15, -0.1) is 0 Å². The quantitative estimate of drug-likeness (QED) is 0.437. The van der Waals surface area contributed by atoms with E-state index in [1.165, 1.54) is 10.8 Å². The van der Waals surface area contributed by atoms with E-state index in [0.717, 1.165) is 27.6 Å². The van der Waals surface area contributed by atoms with E-state index < -0.39 is 0 Å². The summed E-state index contributed by atoms with van der Waals surface area (Å²) < 4.78 is 1.87. The molecule has 0 aliphatic rings. The average Bonchev–Trinajstić information content (AvgIpc) is 3.16. The molecule has 5 rings (SSSR count). The van der Waals surface area contributed by atoms with Crippen molar-refractivity contribution < 1.29 is 0 Å². The Morgan fingerprint density at radius 1 is 0.739 bits per heavy atom. The first-order valence-corrected chi connectivity index (χ1v) is 7.46. The largest absolute Gasteiger partial charge is 0.289 e. The van der Waals surface area contributed by atoms with Crippen LogP contribution < -0.4 is 0 Å². The summed E-state index contributed by atoms with van der Waals surface area (Å²) in [5.74, 6) is 0.774. The topological polar surface area (TPSA) is 43.6 Å². The molecule has 0 aliphatic carbocycles. The highest BCUT2D eigenvalue weighted by Crippen LogP contribution is 2.32. The summed E-state index contributed by atoms with van der Waals surface area (Å²) in [6.45, 7) is 0. The van der Waals surface area contributed by atoms with Crippen molar-refractivity contribution in [3.63, 3.8) is 0 Å². The number of imidazole rings is 1. The van der Waals surface area contributed by atoms with Gasteiger partial charge in [-0.1, -0.05) is 48.5 Å². The molecule has 4 nitrogen and oxygen atoms in total. The SMILES string of the molecule is c1ccc2c(c1)c1ccccc1c1nc(-n3ccnc3)cnc21. The highest BCUT2D eigenvalue weighted by molar-refractivity contribution is 6.22. The molecule has 0 bridgehead atoms. The van der Waals surface area contributed by atoms with Gasteiger partial charge in [-0.25, -0.2) is 9.97 Å². The molecule has 108 valence electrons. The smallest absolute Gasteiger partial charge is 0.157 e. The Hall–Kier alpha value is -3.27. The van der Waals surface area contributed by atoms with Gasteiger partial charge in [0, 0.05) is 23.2 Å². The minimum atomic E-state index is 0.774. The van der Waals surface area contributed by atoms with Gasteiger partial charge in [-0.2, -0.15) is 0 Å². The van der Waals surface area contributed by atoms with Crippen molar-refractivity contribution in [1.82, 2.24) is 19.5 Å². The van der Waals surface area contributed by atoms with Crippen molar-refractivity contribution in [2.45, 2.75) is 0 Å². The third-order valence-electron chi connectivity index (χ3n) is 4.18. The van der Waals surface area contributed by atoms with Crippen molar-refractivity contribution in [3.05, 3.63) is 73.4 Å². The van der Waals surface area contributed by atoms with Crippen molar-refractivity contribution in [2.75, 3.05) is 0 Å². The molecule has 0 spiro atoms. The molecule has 0 amide bonds. The van der Waals surface area contributed by atoms with E-state index >= 15 is 0 Å². The normalized spacial score (nSPS) is 11.5. The molecular formula is C19H12N4. The van der Waals surface area contributed by atoms with Gasteiger partial charge in [-0.3, -0.25) is 9.55 Å². The Morgan fingerprint density at radius 2 is 1.39 bits per heavy atom. The summed E-state index contributed by atoms with van der Waals surface area (Å²) in [4.78, 5) is 13.6. The predicted octanol–water partition coefficient (Wildman–Crippen LogP) is 4.12. The summed E-state index contributed by atoms with van der Waals surface area (Å²) in [7, 11) is 0. The Bertz CT molecular complexity index is 1130. The third-order valence-corrected chi connectivity index (χ3v) is 4.18. The summed E-state index contributed by atoms with van der Waals surface area (Å²) in [6.07, 6.45) is 7.15. The van der Waals surface area contributed by atoms with Gasteiger partial charge in [0.1, 0.15) is 6.33 Å². The molecule has 23 heavy (non-hydrogen) atoms. The first-order chi connectivity index (χ1) is 11.4. The fourth-order valence-electron chi connectivity index (χ4n) is 3.13. The van der Waals surface area contributed by atoms with Crippen molar-refractivity contribution in [3.8, 4) is 5.82 Å². The lowest BCUT2D eigenvalue weighted by molar-refractivity contribution is 0.992. The van der Waals surface area contributed by atoms with Crippen LogP contribution in [0.1, 0.15) is 0 Å². The van der Waals surface area contributed by atoms with Crippen molar-refractivity contribution in [1.29, 1.82) is 0 Å². The predicted molar refractivity (Wildman–Crippen MR) is 91.7 cm³/mol. The lowest BCUT2D eigenvalue weighted by atomic mass is 10.00. The Balaban J connectivity index is 2.00. The number of nitrogens with zero attached hydrogens (tertiary/aromatic N) is 4. The van der Waals surface area contributed by atoms with E-state index in [1.54, 1.807) is 18.7 Å². The zero-order valence-electron chi connectivity index (χ0n) is 12.2. The summed E-state index contributed by atoms with van der Waals surface area (Å²) in [5, 5.41) is 4.66. The minimum Gasteiger partial charge on any atom is -0.289 e. The molecule has 0 aliphatic heterocycles. The Labute approximate surface area is 132 Å². The molecule has 0 N–H and O–H groups in total. The molecule has 4 heteroatoms. The number of fused-ring (bicyclic) bond motifs is 6. The second-order valence-corrected chi connectivity index (χ2v) is 5.49. The van der Waals surface area contributed by atoms with Crippen LogP contribution >= 0.6 is 0 Å². The number of aromatic nitrogens is 4. The third kappa shape index (κ3) is 1.75. The summed E-state index contributed by atoms with van der Waals surface area (Å²) >= 11 is 0. The highest BCUT2D eigenvalue weighted by atomic mass is 15.1. The highest BCUT2D eigenvalue weighted by Gasteiger charge is 2.11. The fourth-order valence-corrected chi connectivity index (χ4v) is 3.13. The maximum atomic E-state index is 4.86. The van der Waals surface area contributed by atoms with Gasteiger partial charge in [0.25, 0.3) is 0 Å². The Morgan fingerprint density at radius 3 is 2.04 bits per heavy atom. The van der Waals surface area contributed by atoms with Crippen LogP contribution in [0.25, 0.3) is 38.4 Å². The van der Waals surface area contributed by atoms with E-state index in [1.807, 2.05) is 22.9 Å². The monoisotopic (exact) mass is 296 g/mol. The molecule has 2 heterocycles. The van der Waals surface area contributed by atoms with Crippen LogP contribution in [0.4, 0.5) is 0 Å². The Kier molecular flexibility index (Phi) is 2.46. The van der Waals surface area contributed by atoms with Gasteiger partial charge >= 0.3 is 0 Å². The van der Waals surface area contributed by atoms with Crippen LogP contribution in [-0.4, -0.2) is 19.5 Å². The molecule has 0 radical (unpaired) electrons. The number of rotatable bonds is 1. The van der Waals surface area contributed by atoms with Gasteiger partial charge in [0.2, 0.25) is 0 Å². The molecule has 0 unspecified atom stereocenters. The molecule has 0 atom stereocenters. The zero-order chi connectivity index (χ0) is 15.2. The van der Waals surface area contributed by atoms with Gasteiger partial charge in [0.05, 0.1) is 17.2 Å². The van der Waals surface area contributed by atoms with E-state index in [9.17, 15) is 0 Å². The lowest BCUT2D eigenvalue weighted by Gasteiger charge is -2.10. The van der Waals surface area contributed by atoms with Crippen LogP contribution in [0.5, 0.6) is 0 Å². The second-order valence-electron chi connectivity index (χ2n) is 5.49. The molecule has 3 aromatic carbocycles. The molecule has 2 aromatic heterocycles. The number of hydrogen-bond donors (Lipinski definition) is 0. The number of benzene rings is 3. The molecular weight excluding hydrogens is 284 g/mol. The van der Waals surface area contributed by atoms with Gasteiger partial charge in [0.15, 0.2) is 5.82 Å². The van der Waals surface area contributed by atoms with Crippen LogP contribution in [0.2, 0.25) is 0 Å². The average molecular weight is 296 g/mol. The number of hydrogen-bond acceptors (Lipinski definition) is 3. The van der Waals surface area contributed by atoms with Crippen LogP contribution in [0, 0.1) is 0 Å². The molecule has 0 saturated carbocycles. The van der Waals surface area contributed by atoms with E-state index in [2.05, 4.69) is 41.4 Å². The van der Waals surface area contributed by atoms with E-state index in [-0.39, 0.29) is 0 Å². The first kappa shape index (κ1) is 12.3. The van der Waals surface area contributed by atoms with E-state index in [0.29, 0.717) is 0 Å².